The Balaban J connectivity index is 1.53. The summed E-state index contributed by atoms with van der Waals surface area (Å²) in [4.78, 5) is 18.8. The predicted molar refractivity (Wildman–Crippen MR) is 112 cm³/mol. The second kappa shape index (κ2) is 8.41. The number of nitrogens with zero attached hydrogens (tertiary/aromatic N) is 2. The number of hydrogen-bond acceptors (Lipinski definition) is 3. The molecule has 31 heavy (non-hydrogen) atoms. The average molecular weight is 432 g/mol. The molecule has 0 unspecified atom stereocenters. The van der Waals surface area contributed by atoms with Crippen LogP contribution in [0.15, 0.2) is 48.5 Å². The van der Waals surface area contributed by atoms with E-state index < -0.39 is 23.6 Å². The highest BCUT2D eigenvalue weighted by molar-refractivity contribution is 6.01. The normalized spacial score (nSPS) is 14.5. The number of amides is 2. The largest absolute Gasteiger partial charge is 0.418 e. The van der Waals surface area contributed by atoms with Crippen LogP contribution in [0.1, 0.15) is 24.8 Å². The Hall–Kier alpha value is -3.36. The molecule has 2 heterocycles. The van der Waals surface area contributed by atoms with E-state index in [-0.39, 0.29) is 16.9 Å². The molecule has 1 aromatic heterocycles. The molecule has 1 aliphatic rings. The maximum atomic E-state index is 14.7. The number of nitrogens with one attached hydrogen (secondary N) is 2. The fourth-order valence-corrected chi connectivity index (χ4v) is 3.68. The van der Waals surface area contributed by atoms with Crippen molar-refractivity contribution in [3.63, 3.8) is 0 Å². The molecule has 2 aromatic carbocycles. The second-order valence-corrected chi connectivity index (χ2v) is 7.37. The number of halogens is 4. The monoisotopic (exact) mass is 432 g/mol. The molecule has 0 spiro atoms. The molecule has 5 nitrogen and oxygen atoms in total. The first-order chi connectivity index (χ1) is 14.8. The average Bonchev–Trinajstić information content (AvgIpc) is 2.74. The summed E-state index contributed by atoms with van der Waals surface area (Å²) in [7, 11) is 0. The number of pyridine rings is 1. The van der Waals surface area contributed by atoms with E-state index in [4.69, 9.17) is 0 Å². The highest BCUT2D eigenvalue weighted by Gasteiger charge is 2.33. The minimum atomic E-state index is -4.61. The number of fused-ring (bicyclic) bond motifs is 1. The van der Waals surface area contributed by atoms with E-state index in [1.165, 1.54) is 24.6 Å². The first kappa shape index (κ1) is 20.9. The minimum Gasteiger partial charge on any atom is -0.357 e. The van der Waals surface area contributed by atoms with Crippen LogP contribution in [0.3, 0.4) is 0 Å². The molecule has 0 atom stereocenters. The quantitative estimate of drug-likeness (QED) is 0.497. The Bertz CT molecular complexity index is 1110. The first-order valence-electron chi connectivity index (χ1n) is 9.91. The molecule has 0 bridgehead atoms. The van der Waals surface area contributed by atoms with E-state index >= 15 is 0 Å². The third-order valence-electron chi connectivity index (χ3n) is 5.15. The van der Waals surface area contributed by atoms with Gasteiger partial charge in [0.1, 0.15) is 11.3 Å². The molecule has 2 amide bonds. The van der Waals surface area contributed by atoms with Gasteiger partial charge in [-0.25, -0.2) is 14.2 Å². The van der Waals surface area contributed by atoms with Gasteiger partial charge in [-0.05, 0) is 55.7 Å². The van der Waals surface area contributed by atoms with E-state index in [1.807, 2.05) is 0 Å². The van der Waals surface area contributed by atoms with Crippen LogP contribution >= 0.6 is 0 Å². The lowest BCUT2D eigenvalue weighted by Gasteiger charge is -2.27. The number of urea groups is 1. The summed E-state index contributed by atoms with van der Waals surface area (Å²) in [5.74, 6) is 0.0793. The van der Waals surface area contributed by atoms with Crippen LogP contribution in [0.25, 0.3) is 10.9 Å². The van der Waals surface area contributed by atoms with Crippen LogP contribution in [-0.2, 0) is 6.18 Å². The molecule has 1 aliphatic heterocycles. The number of rotatable bonds is 3. The number of carbonyl (C=O) groups excluding carboxylic acids is 1. The van der Waals surface area contributed by atoms with Gasteiger partial charge in [-0.1, -0.05) is 12.1 Å². The van der Waals surface area contributed by atoms with Crippen molar-refractivity contribution in [3.05, 3.63) is 59.9 Å². The predicted octanol–water partition coefficient (Wildman–Crippen LogP) is 6.03. The molecule has 1 saturated heterocycles. The number of benzene rings is 2. The van der Waals surface area contributed by atoms with Crippen molar-refractivity contribution >= 4 is 34.1 Å². The van der Waals surface area contributed by atoms with Crippen LogP contribution in [-0.4, -0.2) is 24.1 Å². The zero-order valence-electron chi connectivity index (χ0n) is 16.5. The van der Waals surface area contributed by atoms with Crippen molar-refractivity contribution in [1.29, 1.82) is 0 Å². The van der Waals surface area contributed by atoms with Gasteiger partial charge < -0.3 is 15.5 Å². The van der Waals surface area contributed by atoms with Crippen LogP contribution in [0.2, 0.25) is 0 Å². The molecule has 0 saturated carbocycles. The van der Waals surface area contributed by atoms with Crippen molar-refractivity contribution in [2.45, 2.75) is 25.4 Å². The molecule has 2 N–H and O–H groups in total. The third-order valence-corrected chi connectivity index (χ3v) is 5.15. The minimum absolute atomic E-state index is 0.111. The molecule has 162 valence electrons. The summed E-state index contributed by atoms with van der Waals surface area (Å²) < 4.78 is 54.0. The van der Waals surface area contributed by atoms with Gasteiger partial charge in [-0.3, -0.25) is 0 Å². The fraction of sp³-hybridized carbons (Fsp3) is 0.273. The number of alkyl halides is 3. The van der Waals surface area contributed by atoms with Crippen molar-refractivity contribution in [1.82, 2.24) is 4.98 Å². The third kappa shape index (κ3) is 4.70. The van der Waals surface area contributed by atoms with Crippen molar-refractivity contribution in [2.75, 3.05) is 28.6 Å². The molecule has 4 rings (SSSR count). The Morgan fingerprint density at radius 3 is 2.45 bits per heavy atom. The van der Waals surface area contributed by atoms with Gasteiger partial charge in [0, 0.05) is 24.2 Å². The number of hydrogen-bond donors (Lipinski definition) is 2. The Kier molecular flexibility index (Phi) is 5.67. The van der Waals surface area contributed by atoms with Gasteiger partial charge in [-0.15, -0.1) is 0 Å². The van der Waals surface area contributed by atoms with Crippen molar-refractivity contribution in [2.24, 2.45) is 0 Å². The fourth-order valence-electron chi connectivity index (χ4n) is 3.68. The molecular weight excluding hydrogens is 412 g/mol. The van der Waals surface area contributed by atoms with E-state index in [0.29, 0.717) is 11.2 Å². The van der Waals surface area contributed by atoms with Crippen LogP contribution in [0.4, 0.5) is 39.5 Å². The van der Waals surface area contributed by atoms with Gasteiger partial charge in [0.15, 0.2) is 5.82 Å². The number of anilines is 3. The van der Waals surface area contributed by atoms with Gasteiger partial charge in [0.05, 0.1) is 11.3 Å². The Morgan fingerprint density at radius 2 is 1.71 bits per heavy atom. The highest BCUT2D eigenvalue weighted by atomic mass is 19.4. The summed E-state index contributed by atoms with van der Waals surface area (Å²) >= 11 is 0. The SMILES string of the molecule is O=C(Nc1cc(F)c2nc(N3CCCCC3)ccc2c1)Nc1ccccc1C(F)(F)F. The van der Waals surface area contributed by atoms with Gasteiger partial charge >= 0.3 is 12.2 Å². The summed E-state index contributed by atoms with van der Waals surface area (Å²) in [6, 6.07) is 9.88. The van der Waals surface area contributed by atoms with Gasteiger partial charge in [-0.2, -0.15) is 13.2 Å². The lowest BCUT2D eigenvalue weighted by molar-refractivity contribution is -0.136. The Morgan fingerprint density at radius 1 is 0.968 bits per heavy atom. The zero-order chi connectivity index (χ0) is 22.0. The summed E-state index contributed by atoms with van der Waals surface area (Å²) in [5.41, 5.74) is -1.07. The lowest BCUT2D eigenvalue weighted by atomic mass is 10.1. The second-order valence-electron chi connectivity index (χ2n) is 7.37. The van der Waals surface area contributed by atoms with Crippen molar-refractivity contribution < 1.29 is 22.4 Å². The highest BCUT2D eigenvalue weighted by Crippen LogP contribution is 2.34. The van der Waals surface area contributed by atoms with E-state index in [2.05, 4.69) is 20.5 Å². The first-order valence-corrected chi connectivity index (χ1v) is 9.91. The summed E-state index contributed by atoms with van der Waals surface area (Å²) in [6.45, 7) is 1.75. The summed E-state index contributed by atoms with van der Waals surface area (Å²) in [6.07, 6.45) is -1.31. The number of carbonyl (C=O) groups is 1. The standard InChI is InChI=1S/C22H20F4N4O/c23-17-13-15(27-21(31)28-18-7-3-2-6-16(18)22(24,25)26)12-14-8-9-19(29-20(14)17)30-10-4-1-5-11-30/h2-3,6-9,12-13H,1,4-5,10-11H2,(H2,27,28,31). The maximum Gasteiger partial charge on any atom is 0.418 e. The Labute approximate surface area is 176 Å². The maximum absolute atomic E-state index is 14.7. The smallest absolute Gasteiger partial charge is 0.357 e. The number of piperidine rings is 1. The summed E-state index contributed by atoms with van der Waals surface area (Å²) in [5, 5.41) is 5.03. The van der Waals surface area contributed by atoms with Gasteiger partial charge in [0.2, 0.25) is 0 Å². The topological polar surface area (TPSA) is 57.3 Å². The lowest BCUT2D eigenvalue weighted by Crippen LogP contribution is -2.30. The van der Waals surface area contributed by atoms with Gasteiger partial charge in [0.25, 0.3) is 0 Å². The molecular formula is C22H20F4N4O. The zero-order valence-corrected chi connectivity index (χ0v) is 16.5. The van der Waals surface area contributed by atoms with Crippen molar-refractivity contribution in [3.8, 4) is 0 Å². The van der Waals surface area contributed by atoms with Crippen LogP contribution in [0, 0.1) is 5.82 Å². The van der Waals surface area contributed by atoms with Crippen LogP contribution in [0.5, 0.6) is 0 Å². The molecule has 0 radical (unpaired) electrons. The van der Waals surface area contributed by atoms with E-state index in [0.717, 1.165) is 44.1 Å². The molecule has 1 fully saturated rings. The molecule has 9 heteroatoms. The number of aromatic nitrogens is 1. The van der Waals surface area contributed by atoms with Crippen LogP contribution < -0.4 is 15.5 Å². The van der Waals surface area contributed by atoms with E-state index in [9.17, 15) is 22.4 Å². The molecule has 0 aliphatic carbocycles. The molecule has 3 aromatic rings. The van der Waals surface area contributed by atoms with E-state index in [1.54, 1.807) is 12.1 Å². The number of para-hydroxylation sites is 1.